The number of ether oxygens (including phenoxy) is 3. The van der Waals surface area contributed by atoms with Gasteiger partial charge in [0.05, 0.1) is 25.4 Å². The fourth-order valence-corrected chi connectivity index (χ4v) is 5.02. The van der Waals surface area contributed by atoms with Crippen LogP contribution in [0, 0.1) is 5.41 Å². The third kappa shape index (κ3) is 12.1. The van der Waals surface area contributed by atoms with Gasteiger partial charge in [0.15, 0.2) is 0 Å². The summed E-state index contributed by atoms with van der Waals surface area (Å²) in [4.78, 5) is 23.9. The number of hydrogen-bond donors (Lipinski definition) is 1. The largest absolute Gasteiger partial charge is 0.481 e. The third-order valence-corrected chi connectivity index (χ3v) is 7.18. The minimum Gasteiger partial charge on any atom is -0.481 e. The Kier molecular flexibility index (Phi) is 14.0. The Morgan fingerprint density at radius 2 is 1.05 bits per heavy atom. The van der Waals surface area contributed by atoms with Gasteiger partial charge in [-0.3, -0.25) is 4.79 Å². The molecule has 0 saturated heterocycles. The van der Waals surface area contributed by atoms with Crippen molar-refractivity contribution in [3.05, 3.63) is 108 Å². The molecule has 0 bridgehead atoms. The number of carboxylic acid groups (broad SMARTS) is 1. The Morgan fingerprint density at radius 1 is 0.600 bits per heavy atom. The Balaban J connectivity index is 1.54. The van der Waals surface area contributed by atoms with Crippen LogP contribution in [-0.2, 0) is 32.2 Å². The zero-order chi connectivity index (χ0) is 28.3. The summed E-state index contributed by atoms with van der Waals surface area (Å²) in [6.45, 7) is 2.64. The third-order valence-electron chi connectivity index (χ3n) is 7.18. The molecule has 3 aromatic carbocycles. The van der Waals surface area contributed by atoms with Gasteiger partial charge in [0, 0.05) is 19.6 Å². The number of benzene rings is 3. The van der Waals surface area contributed by atoms with Gasteiger partial charge in [0.25, 0.3) is 0 Å². The summed E-state index contributed by atoms with van der Waals surface area (Å²) in [5, 5.41) is 9.50. The van der Waals surface area contributed by atoms with E-state index in [0.717, 1.165) is 43.2 Å². The van der Waals surface area contributed by atoms with Crippen LogP contribution in [0.2, 0.25) is 0 Å². The molecular weight excluding hydrogens is 504 g/mol. The summed E-state index contributed by atoms with van der Waals surface area (Å²) in [5.41, 5.74) is 2.61. The molecule has 1 N–H and O–H groups in total. The highest BCUT2D eigenvalue weighted by molar-refractivity contribution is 5.89. The van der Waals surface area contributed by atoms with Crippen LogP contribution in [0.15, 0.2) is 91.0 Å². The van der Waals surface area contributed by atoms with Crippen LogP contribution < -0.4 is 0 Å². The molecule has 40 heavy (non-hydrogen) atoms. The van der Waals surface area contributed by atoms with Crippen LogP contribution in [-0.4, -0.2) is 36.9 Å². The first-order valence-corrected chi connectivity index (χ1v) is 14.2. The van der Waals surface area contributed by atoms with Crippen molar-refractivity contribution >= 4 is 11.9 Å². The number of carboxylic acids is 1. The van der Waals surface area contributed by atoms with Crippen LogP contribution in [0.4, 0.5) is 0 Å². The minimum atomic E-state index is -0.791. The maximum Gasteiger partial charge on any atom is 0.338 e. The molecular formula is C34H42O6. The molecule has 0 radical (unpaired) electrons. The molecule has 0 atom stereocenters. The minimum absolute atomic E-state index is 0.111. The highest BCUT2D eigenvalue weighted by Gasteiger charge is 2.30. The second-order valence-electron chi connectivity index (χ2n) is 10.3. The van der Waals surface area contributed by atoms with E-state index in [2.05, 4.69) is 0 Å². The molecule has 0 spiro atoms. The van der Waals surface area contributed by atoms with E-state index in [1.165, 1.54) is 0 Å². The molecule has 0 heterocycles. The van der Waals surface area contributed by atoms with E-state index in [0.29, 0.717) is 51.4 Å². The molecule has 0 saturated carbocycles. The Labute approximate surface area is 238 Å². The lowest BCUT2D eigenvalue weighted by molar-refractivity contribution is -0.137. The van der Waals surface area contributed by atoms with Crippen molar-refractivity contribution in [2.45, 2.75) is 64.6 Å². The second kappa shape index (κ2) is 18.0. The second-order valence-corrected chi connectivity index (χ2v) is 10.3. The van der Waals surface area contributed by atoms with Gasteiger partial charge in [-0.05, 0) is 73.6 Å². The molecule has 3 rings (SSSR count). The first kappa shape index (κ1) is 31.1. The van der Waals surface area contributed by atoms with E-state index in [-0.39, 0.29) is 17.8 Å². The van der Waals surface area contributed by atoms with Gasteiger partial charge in [-0.15, -0.1) is 0 Å². The molecule has 0 fully saturated rings. The van der Waals surface area contributed by atoms with Crippen LogP contribution >= 0.6 is 0 Å². The van der Waals surface area contributed by atoms with Crippen LogP contribution in [0.3, 0.4) is 0 Å². The van der Waals surface area contributed by atoms with Gasteiger partial charge in [0.2, 0.25) is 0 Å². The summed E-state index contributed by atoms with van der Waals surface area (Å²) in [7, 11) is 0. The van der Waals surface area contributed by atoms with Crippen molar-refractivity contribution in [2.24, 2.45) is 5.41 Å². The van der Waals surface area contributed by atoms with Crippen LogP contribution in [0.1, 0.15) is 72.9 Å². The van der Waals surface area contributed by atoms with Gasteiger partial charge in [-0.1, -0.05) is 78.9 Å². The van der Waals surface area contributed by atoms with E-state index in [1.807, 2.05) is 78.9 Å². The molecule has 0 unspecified atom stereocenters. The average molecular weight is 547 g/mol. The van der Waals surface area contributed by atoms with Gasteiger partial charge in [0.1, 0.15) is 0 Å². The fourth-order valence-electron chi connectivity index (χ4n) is 5.02. The average Bonchev–Trinajstić information content (AvgIpc) is 2.99. The summed E-state index contributed by atoms with van der Waals surface area (Å²) < 4.78 is 17.4. The monoisotopic (exact) mass is 546 g/mol. The van der Waals surface area contributed by atoms with E-state index < -0.39 is 5.97 Å². The number of rotatable bonds is 20. The van der Waals surface area contributed by atoms with Crippen molar-refractivity contribution in [3.63, 3.8) is 0 Å². The molecule has 0 amide bonds. The first-order valence-electron chi connectivity index (χ1n) is 14.2. The van der Waals surface area contributed by atoms with Crippen molar-refractivity contribution in [2.75, 3.05) is 19.8 Å². The molecule has 214 valence electrons. The van der Waals surface area contributed by atoms with Gasteiger partial charge < -0.3 is 19.3 Å². The van der Waals surface area contributed by atoms with E-state index in [9.17, 15) is 14.7 Å². The van der Waals surface area contributed by atoms with E-state index in [4.69, 9.17) is 14.2 Å². The normalized spacial score (nSPS) is 11.3. The predicted octanol–water partition coefficient (Wildman–Crippen LogP) is 7.47. The smallest absolute Gasteiger partial charge is 0.338 e. The van der Waals surface area contributed by atoms with Crippen LogP contribution in [0.25, 0.3) is 0 Å². The Bertz CT molecular complexity index is 1050. The van der Waals surface area contributed by atoms with Gasteiger partial charge in [-0.25, -0.2) is 4.79 Å². The van der Waals surface area contributed by atoms with Crippen molar-refractivity contribution < 1.29 is 28.9 Å². The zero-order valence-electron chi connectivity index (χ0n) is 23.3. The molecule has 6 heteroatoms. The quantitative estimate of drug-likeness (QED) is 0.117. The number of carbonyl (C=O) groups excluding carboxylic acids is 1. The molecule has 6 nitrogen and oxygen atoms in total. The Morgan fingerprint density at radius 3 is 1.52 bits per heavy atom. The molecule has 0 aliphatic rings. The SMILES string of the molecule is O=C(O)CCC(CCCOCc1ccccc1)(CCCOCc1ccccc1)CCCOC(=O)c1ccccc1. The summed E-state index contributed by atoms with van der Waals surface area (Å²) in [6, 6.07) is 29.1. The fraction of sp³-hybridized carbons (Fsp3) is 0.412. The lowest BCUT2D eigenvalue weighted by atomic mass is 9.72. The summed E-state index contributed by atoms with van der Waals surface area (Å²) in [5.74, 6) is -1.12. The number of hydrogen-bond acceptors (Lipinski definition) is 5. The first-order chi connectivity index (χ1) is 19.6. The summed E-state index contributed by atoms with van der Waals surface area (Å²) >= 11 is 0. The maximum atomic E-state index is 12.4. The van der Waals surface area contributed by atoms with Gasteiger partial charge in [-0.2, -0.15) is 0 Å². The molecule has 0 aromatic heterocycles. The van der Waals surface area contributed by atoms with Crippen molar-refractivity contribution in [3.8, 4) is 0 Å². The molecule has 0 aliphatic carbocycles. The predicted molar refractivity (Wildman–Crippen MR) is 156 cm³/mol. The van der Waals surface area contributed by atoms with Crippen LogP contribution in [0.5, 0.6) is 0 Å². The lowest BCUT2D eigenvalue weighted by Gasteiger charge is -2.34. The van der Waals surface area contributed by atoms with Gasteiger partial charge >= 0.3 is 11.9 Å². The highest BCUT2D eigenvalue weighted by atomic mass is 16.5. The van der Waals surface area contributed by atoms with E-state index in [1.54, 1.807) is 12.1 Å². The Hall–Kier alpha value is -3.48. The van der Waals surface area contributed by atoms with Crippen molar-refractivity contribution in [1.82, 2.24) is 0 Å². The maximum absolute atomic E-state index is 12.4. The summed E-state index contributed by atoms with van der Waals surface area (Å²) in [6.07, 6.45) is 5.50. The topological polar surface area (TPSA) is 82.1 Å². The number of esters is 1. The highest BCUT2D eigenvalue weighted by Crippen LogP contribution is 2.40. The number of aliphatic carboxylic acids is 1. The molecule has 0 aliphatic heterocycles. The van der Waals surface area contributed by atoms with E-state index >= 15 is 0 Å². The molecule has 3 aromatic rings. The number of carbonyl (C=O) groups is 2. The lowest BCUT2D eigenvalue weighted by Crippen LogP contribution is -2.25. The standard InChI is InChI=1S/C34H42O6/c35-32(36)19-23-34(20-10-24-38-27-29-13-4-1-5-14-29,21-11-25-39-28-30-15-6-2-7-16-30)22-12-26-40-33(37)31-17-8-3-9-18-31/h1-9,13-18H,10-12,19-28H2,(H,35,36). The zero-order valence-corrected chi connectivity index (χ0v) is 23.3. The van der Waals surface area contributed by atoms with Crippen molar-refractivity contribution in [1.29, 1.82) is 0 Å².